The van der Waals surface area contributed by atoms with Gasteiger partial charge in [0.05, 0.1) is 5.52 Å². The highest BCUT2D eigenvalue weighted by Crippen LogP contribution is 2.27. The lowest BCUT2D eigenvalue weighted by molar-refractivity contribution is 0.222. The monoisotopic (exact) mass is 281 g/mol. The molecular formula is C18H23N3. The van der Waals surface area contributed by atoms with Gasteiger partial charge in [0.15, 0.2) is 0 Å². The van der Waals surface area contributed by atoms with E-state index >= 15 is 0 Å². The lowest BCUT2D eigenvalue weighted by Gasteiger charge is -2.31. The van der Waals surface area contributed by atoms with Crippen LogP contribution in [0.25, 0.3) is 10.9 Å². The zero-order valence-electron chi connectivity index (χ0n) is 12.5. The quantitative estimate of drug-likeness (QED) is 0.933. The van der Waals surface area contributed by atoms with Crippen molar-refractivity contribution < 1.29 is 0 Å². The molecule has 0 radical (unpaired) electrons. The summed E-state index contributed by atoms with van der Waals surface area (Å²) in [5.74, 6) is 0.879. The molecule has 3 heterocycles. The molecule has 4 rings (SSSR count). The van der Waals surface area contributed by atoms with Gasteiger partial charge in [0.1, 0.15) is 0 Å². The van der Waals surface area contributed by atoms with Gasteiger partial charge in [-0.3, -0.25) is 4.98 Å². The van der Waals surface area contributed by atoms with Crippen molar-refractivity contribution in [2.75, 3.05) is 26.2 Å². The van der Waals surface area contributed by atoms with E-state index in [-0.39, 0.29) is 0 Å². The smallest absolute Gasteiger partial charge is 0.0734 e. The molecule has 3 unspecified atom stereocenters. The van der Waals surface area contributed by atoms with Crippen LogP contribution in [0.5, 0.6) is 0 Å². The molecule has 0 amide bonds. The fourth-order valence-electron chi connectivity index (χ4n) is 3.98. The highest BCUT2D eigenvalue weighted by atomic mass is 15.2. The molecule has 1 aromatic carbocycles. The van der Waals surface area contributed by atoms with Gasteiger partial charge in [-0.25, -0.2) is 0 Å². The molecule has 2 fully saturated rings. The number of hydrogen-bond donors (Lipinski definition) is 1. The first-order valence-electron chi connectivity index (χ1n) is 8.18. The maximum Gasteiger partial charge on any atom is 0.0734 e. The van der Waals surface area contributed by atoms with Gasteiger partial charge < -0.3 is 10.2 Å². The van der Waals surface area contributed by atoms with Crippen LogP contribution in [0.1, 0.15) is 18.4 Å². The van der Waals surface area contributed by atoms with Crippen LogP contribution < -0.4 is 5.32 Å². The number of para-hydroxylation sites is 1. The summed E-state index contributed by atoms with van der Waals surface area (Å²) in [5, 5.41) is 5.06. The van der Waals surface area contributed by atoms with E-state index in [1.165, 1.54) is 43.4 Å². The van der Waals surface area contributed by atoms with E-state index < -0.39 is 0 Å². The Morgan fingerprint density at radius 1 is 1.14 bits per heavy atom. The summed E-state index contributed by atoms with van der Waals surface area (Å²) in [6.45, 7) is 4.98. The van der Waals surface area contributed by atoms with E-state index in [9.17, 15) is 0 Å². The molecule has 21 heavy (non-hydrogen) atoms. The number of nitrogens with one attached hydrogen (secondary N) is 1. The molecule has 2 aliphatic heterocycles. The first-order valence-corrected chi connectivity index (χ1v) is 8.18. The maximum atomic E-state index is 4.55. The van der Waals surface area contributed by atoms with E-state index in [2.05, 4.69) is 39.5 Å². The Morgan fingerprint density at radius 3 is 3.05 bits per heavy atom. The van der Waals surface area contributed by atoms with Crippen LogP contribution in [0, 0.1) is 5.92 Å². The molecule has 2 aromatic rings. The van der Waals surface area contributed by atoms with Crippen molar-refractivity contribution >= 4 is 10.9 Å². The first-order chi connectivity index (χ1) is 10.4. The number of piperidine rings is 1. The van der Waals surface area contributed by atoms with Crippen molar-refractivity contribution in [3.63, 3.8) is 0 Å². The van der Waals surface area contributed by atoms with Crippen molar-refractivity contribution in [3.8, 4) is 0 Å². The average Bonchev–Trinajstić information content (AvgIpc) is 2.92. The molecule has 1 aromatic heterocycles. The second-order valence-electron chi connectivity index (χ2n) is 6.44. The Labute approximate surface area is 126 Å². The highest BCUT2D eigenvalue weighted by Gasteiger charge is 2.33. The van der Waals surface area contributed by atoms with Crippen molar-refractivity contribution in [2.45, 2.75) is 25.3 Å². The summed E-state index contributed by atoms with van der Waals surface area (Å²) in [6.07, 6.45) is 5.67. The number of fused-ring (bicyclic) bond motifs is 3. The minimum absolute atomic E-state index is 0.728. The standard InChI is InChI=1S/C18H23N3/c1-3-14-5-2-9-20-18(14)15(4-1)6-10-19-17-8-12-21-11-7-16(17)13-21/h1-5,9,16-17,19H,6-8,10-13H2. The van der Waals surface area contributed by atoms with Gasteiger partial charge in [-0.2, -0.15) is 0 Å². The van der Waals surface area contributed by atoms with E-state index in [1.807, 2.05) is 12.3 Å². The Balaban J connectivity index is 1.40. The number of aromatic nitrogens is 1. The summed E-state index contributed by atoms with van der Waals surface area (Å²) in [6, 6.07) is 11.4. The Bertz CT molecular complexity index is 619. The Kier molecular flexibility index (Phi) is 3.62. The van der Waals surface area contributed by atoms with Gasteiger partial charge in [-0.15, -0.1) is 0 Å². The predicted molar refractivity (Wildman–Crippen MR) is 86.4 cm³/mol. The zero-order chi connectivity index (χ0) is 14.1. The molecule has 3 nitrogen and oxygen atoms in total. The number of nitrogens with zero attached hydrogens (tertiary/aromatic N) is 2. The van der Waals surface area contributed by atoms with Gasteiger partial charge >= 0.3 is 0 Å². The lowest BCUT2D eigenvalue weighted by atomic mass is 9.94. The molecule has 110 valence electrons. The summed E-state index contributed by atoms with van der Waals surface area (Å²) >= 11 is 0. The fourth-order valence-corrected chi connectivity index (χ4v) is 3.98. The Morgan fingerprint density at radius 2 is 2.05 bits per heavy atom. The molecule has 2 aliphatic rings. The summed E-state index contributed by atoms with van der Waals surface area (Å²) in [4.78, 5) is 7.16. The van der Waals surface area contributed by atoms with Crippen molar-refractivity contribution in [1.82, 2.24) is 15.2 Å². The van der Waals surface area contributed by atoms with Gasteiger partial charge in [-0.1, -0.05) is 24.3 Å². The van der Waals surface area contributed by atoms with Crippen LogP contribution in [0.2, 0.25) is 0 Å². The number of hydrogen-bond acceptors (Lipinski definition) is 3. The summed E-state index contributed by atoms with van der Waals surface area (Å²) in [7, 11) is 0. The highest BCUT2D eigenvalue weighted by molar-refractivity contribution is 5.81. The molecule has 3 heteroatoms. The third-order valence-electron chi connectivity index (χ3n) is 5.15. The molecule has 0 spiro atoms. The molecular weight excluding hydrogens is 258 g/mol. The number of rotatable bonds is 4. The van der Waals surface area contributed by atoms with Gasteiger partial charge in [-0.05, 0) is 56.4 Å². The minimum atomic E-state index is 0.728. The third kappa shape index (κ3) is 2.68. The van der Waals surface area contributed by atoms with Gasteiger partial charge in [0, 0.05) is 24.2 Å². The molecule has 2 bridgehead atoms. The second kappa shape index (κ2) is 5.74. The minimum Gasteiger partial charge on any atom is -0.313 e. The van der Waals surface area contributed by atoms with Gasteiger partial charge in [0.2, 0.25) is 0 Å². The van der Waals surface area contributed by atoms with E-state index in [0.717, 1.165) is 30.4 Å². The predicted octanol–water partition coefficient (Wildman–Crippen LogP) is 2.46. The average molecular weight is 281 g/mol. The molecule has 2 saturated heterocycles. The second-order valence-corrected chi connectivity index (χ2v) is 6.44. The van der Waals surface area contributed by atoms with Crippen LogP contribution in [0.3, 0.4) is 0 Å². The summed E-state index contributed by atoms with van der Waals surface area (Å²) in [5.41, 5.74) is 2.53. The largest absolute Gasteiger partial charge is 0.313 e. The molecule has 0 aliphatic carbocycles. The molecule has 3 atom stereocenters. The van der Waals surface area contributed by atoms with Crippen LogP contribution >= 0.6 is 0 Å². The lowest BCUT2D eigenvalue weighted by Crippen LogP contribution is -2.44. The van der Waals surface area contributed by atoms with Crippen LogP contribution in [0.15, 0.2) is 36.5 Å². The Hall–Kier alpha value is -1.45. The molecule has 0 saturated carbocycles. The maximum absolute atomic E-state index is 4.55. The topological polar surface area (TPSA) is 28.2 Å². The van der Waals surface area contributed by atoms with E-state index in [1.54, 1.807) is 0 Å². The SMILES string of the molecule is c1cnc2c(CCNC3CCN4CCC3C4)cccc2c1. The number of benzene rings is 1. The zero-order valence-corrected chi connectivity index (χ0v) is 12.5. The fraction of sp³-hybridized carbons (Fsp3) is 0.500. The normalized spacial score (nSPS) is 28.1. The van der Waals surface area contributed by atoms with E-state index in [0.29, 0.717) is 0 Å². The van der Waals surface area contributed by atoms with Crippen LogP contribution in [-0.2, 0) is 6.42 Å². The van der Waals surface area contributed by atoms with E-state index in [4.69, 9.17) is 0 Å². The van der Waals surface area contributed by atoms with Crippen LogP contribution in [-0.4, -0.2) is 42.1 Å². The van der Waals surface area contributed by atoms with Crippen molar-refractivity contribution in [3.05, 3.63) is 42.1 Å². The van der Waals surface area contributed by atoms with Gasteiger partial charge in [0.25, 0.3) is 0 Å². The third-order valence-corrected chi connectivity index (χ3v) is 5.15. The summed E-state index contributed by atoms with van der Waals surface area (Å²) < 4.78 is 0. The van der Waals surface area contributed by atoms with Crippen molar-refractivity contribution in [2.24, 2.45) is 5.92 Å². The number of pyridine rings is 1. The van der Waals surface area contributed by atoms with Crippen molar-refractivity contribution in [1.29, 1.82) is 0 Å². The molecule has 1 N–H and O–H groups in total. The first kappa shape index (κ1) is 13.2. The van der Waals surface area contributed by atoms with Crippen LogP contribution in [0.4, 0.5) is 0 Å².